The topological polar surface area (TPSA) is 57.4 Å². The van der Waals surface area contributed by atoms with Gasteiger partial charge in [-0.05, 0) is 24.3 Å². The summed E-state index contributed by atoms with van der Waals surface area (Å²) in [5, 5.41) is 0.844. The first-order valence-electron chi connectivity index (χ1n) is 6.54. The summed E-state index contributed by atoms with van der Waals surface area (Å²) in [7, 11) is 0. The molecular formula is C15H12N4S2. The third-order valence-electron chi connectivity index (χ3n) is 3.23. The van der Waals surface area contributed by atoms with Crippen molar-refractivity contribution >= 4 is 46.5 Å². The fraction of sp³-hybridized carbons (Fsp3) is 0.0667. The summed E-state index contributed by atoms with van der Waals surface area (Å²) < 4.78 is -0.0991. The number of benzene rings is 2. The van der Waals surface area contributed by atoms with Crippen molar-refractivity contribution < 1.29 is 0 Å². The largest absolute Gasteiger partial charge is 0.340 e. The minimum Gasteiger partial charge on any atom is -0.340 e. The lowest BCUT2D eigenvalue weighted by Crippen LogP contribution is -1.89. The molecule has 0 fully saturated rings. The highest BCUT2D eigenvalue weighted by molar-refractivity contribution is 8.09. The van der Waals surface area contributed by atoms with Gasteiger partial charge in [0.25, 0.3) is 0 Å². The lowest BCUT2D eigenvalue weighted by atomic mass is 10.3. The van der Waals surface area contributed by atoms with Crippen molar-refractivity contribution in [3.8, 4) is 0 Å². The van der Waals surface area contributed by atoms with Gasteiger partial charge in [0.05, 0.1) is 22.1 Å². The Morgan fingerprint density at radius 2 is 1.48 bits per heavy atom. The second-order valence-electron chi connectivity index (χ2n) is 4.67. The normalized spacial score (nSPS) is 13.0. The Balaban J connectivity index is 1.63. The smallest absolute Gasteiger partial charge is 0.167 e. The van der Waals surface area contributed by atoms with Gasteiger partial charge in [-0.1, -0.05) is 36.0 Å². The van der Waals surface area contributed by atoms with E-state index in [1.165, 1.54) is 0 Å². The molecular weight excluding hydrogens is 300 g/mol. The van der Waals surface area contributed by atoms with Crippen LogP contribution in [0, 0.1) is 0 Å². The minimum absolute atomic E-state index is 0.0991. The van der Waals surface area contributed by atoms with Gasteiger partial charge in [-0.2, -0.15) is 12.6 Å². The number of nitrogens with zero attached hydrogens (tertiary/aromatic N) is 2. The van der Waals surface area contributed by atoms with E-state index in [1.54, 1.807) is 11.8 Å². The van der Waals surface area contributed by atoms with Crippen LogP contribution in [-0.4, -0.2) is 19.9 Å². The predicted octanol–water partition coefficient (Wildman–Crippen LogP) is 4.16. The van der Waals surface area contributed by atoms with E-state index in [-0.39, 0.29) is 4.58 Å². The summed E-state index contributed by atoms with van der Waals surface area (Å²) >= 11 is 6.17. The number of rotatable bonds is 3. The number of H-pyrrole nitrogens is 2. The number of para-hydroxylation sites is 4. The average molecular weight is 312 g/mol. The molecule has 0 aliphatic rings. The maximum Gasteiger partial charge on any atom is 0.167 e. The minimum atomic E-state index is -0.0991. The van der Waals surface area contributed by atoms with Gasteiger partial charge in [0, 0.05) is 0 Å². The molecule has 104 valence electrons. The summed E-state index contributed by atoms with van der Waals surface area (Å²) in [4.78, 5) is 15.7. The fourth-order valence-electron chi connectivity index (χ4n) is 2.24. The monoisotopic (exact) mass is 312 g/mol. The molecule has 0 saturated carbocycles. The molecule has 4 aromatic rings. The second-order valence-corrected chi connectivity index (χ2v) is 6.63. The third kappa shape index (κ3) is 2.41. The van der Waals surface area contributed by atoms with Crippen molar-refractivity contribution in [1.29, 1.82) is 0 Å². The molecule has 2 aromatic carbocycles. The highest BCUT2D eigenvalue weighted by atomic mass is 32.2. The number of fused-ring (bicyclic) bond motifs is 2. The first-order chi connectivity index (χ1) is 10.3. The summed E-state index contributed by atoms with van der Waals surface area (Å²) in [5.74, 6) is 0.838. The van der Waals surface area contributed by atoms with Crippen molar-refractivity contribution in [3.63, 3.8) is 0 Å². The van der Waals surface area contributed by atoms with Crippen molar-refractivity contribution in [2.24, 2.45) is 0 Å². The van der Waals surface area contributed by atoms with E-state index in [1.807, 2.05) is 48.5 Å². The Kier molecular flexibility index (Phi) is 3.12. The van der Waals surface area contributed by atoms with Gasteiger partial charge in [-0.3, -0.25) is 0 Å². The van der Waals surface area contributed by atoms with E-state index in [9.17, 15) is 0 Å². The van der Waals surface area contributed by atoms with E-state index < -0.39 is 0 Å². The molecule has 0 amide bonds. The lowest BCUT2D eigenvalue weighted by molar-refractivity contribution is 1.06. The Hall–Kier alpha value is -1.92. The molecule has 0 spiro atoms. The summed E-state index contributed by atoms with van der Waals surface area (Å²) in [5.41, 5.74) is 3.98. The van der Waals surface area contributed by atoms with Gasteiger partial charge in [0.1, 0.15) is 10.4 Å². The molecule has 0 radical (unpaired) electrons. The Labute approximate surface area is 130 Å². The molecule has 0 saturated heterocycles. The summed E-state index contributed by atoms with van der Waals surface area (Å²) in [6, 6.07) is 15.9. The second kappa shape index (κ2) is 5.13. The first kappa shape index (κ1) is 12.8. The maximum atomic E-state index is 4.63. The molecule has 4 rings (SSSR count). The highest BCUT2D eigenvalue weighted by Crippen LogP contribution is 2.36. The highest BCUT2D eigenvalue weighted by Gasteiger charge is 2.15. The molecule has 6 heteroatoms. The molecule has 0 aliphatic carbocycles. The van der Waals surface area contributed by atoms with Gasteiger partial charge in [0.15, 0.2) is 5.16 Å². The number of aromatic amines is 2. The molecule has 21 heavy (non-hydrogen) atoms. The maximum absolute atomic E-state index is 4.63. The number of nitrogens with one attached hydrogen (secondary N) is 2. The van der Waals surface area contributed by atoms with Crippen LogP contribution in [0.4, 0.5) is 0 Å². The standard InChI is InChI=1S/C15H12N4S2/c20-14(13-16-9-5-1-2-6-10(9)17-13)21-15-18-11-7-3-4-8-12(11)19-15/h1-8,14,20H,(H,16,17)(H,18,19). The molecule has 1 atom stereocenters. The van der Waals surface area contributed by atoms with Crippen LogP contribution < -0.4 is 0 Å². The average Bonchev–Trinajstić information content (AvgIpc) is 3.10. The molecule has 1 unspecified atom stereocenters. The molecule has 2 N–H and O–H groups in total. The number of hydrogen-bond acceptors (Lipinski definition) is 4. The van der Waals surface area contributed by atoms with Gasteiger partial charge in [0.2, 0.25) is 0 Å². The van der Waals surface area contributed by atoms with Crippen LogP contribution in [-0.2, 0) is 0 Å². The number of thioether (sulfide) groups is 1. The summed E-state index contributed by atoms with van der Waals surface area (Å²) in [6.45, 7) is 0. The molecule has 2 heterocycles. The summed E-state index contributed by atoms with van der Waals surface area (Å²) in [6.07, 6.45) is 0. The third-order valence-corrected chi connectivity index (χ3v) is 4.66. The molecule has 0 bridgehead atoms. The SMILES string of the molecule is SC(Sc1nc2ccccc2[nH]1)c1nc2ccccc2[nH]1. The number of thiol groups is 1. The van der Waals surface area contributed by atoms with Gasteiger partial charge < -0.3 is 9.97 Å². The lowest BCUT2D eigenvalue weighted by Gasteiger charge is -2.03. The number of hydrogen-bond donors (Lipinski definition) is 3. The van der Waals surface area contributed by atoms with Gasteiger partial charge in [-0.25, -0.2) is 9.97 Å². The van der Waals surface area contributed by atoms with Crippen LogP contribution in [0.3, 0.4) is 0 Å². The van der Waals surface area contributed by atoms with Crippen LogP contribution in [0.15, 0.2) is 53.7 Å². The zero-order chi connectivity index (χ0) is 14.2. The Morgan fingerprint density at radius 3 is 2.14 bits per heavy atom. The van der Waals surface area contributed by atoms with Crippen molar-refractivity contribution in [1.82, 2.24) is 19.9 Å². The molecule has 4 nitrogen and oxygen atoms in total. The van der Waals surface area contributed by atoms with Crippen LogP contribution in [0.25, 0.3) is 22.1 Å². The van der Waals surface area contributed by atoms with Gasteiger partial charge in [-0.15, -0.1) is 0 Å². The quantitative estimate of drug-likeness (QED) is 0.302. The van der Waals surface area contributed by atoms with E-state index in [2.05, 4.69) is 32.6 Å². The van der Waals surface area contributed by atoms with Crippen molar-refractivity contribution in [2.45, 2.75) is 9.74 Å². The van der Waals surface area contributed by atoms with Crippen LogP contribution in [0.5, 0.6) is 0 Å². The van der Waals surface area contributed by atoms with Crippen LogP contribution in [0.1, 0.15) is 10.4 Å². The fourth-order valence-corrected chi connectivity index (χ4v) is 3.41. The van der Waals surface area contributed by atoms with Crippen molar-refractivity contribution in [3.05, 3.63) is 54.4 Å². The van der Waals surface area contributed by atoms with Crippen LogP contribution in [0.2, 0.25) is 0 Å². The van der Waals surface area contributed by atoms with E-state index in [4.69, 9.17) is 0 Å². The van der Waals surface area contributed by atoms with E-state index in [0.717, 1.165) is 33.0 Å². The number of aromatic nitrogens is 4. The van der Waals surface area contributed by atoms with E-state index in [0.29, 0.717) is 0 Å². The first-order valence-corrected chi connectivity index (χ1v) is 7.93. The molecule has 0 aliphatic heterocycles. The van der Waals surface area contributed by atoms with E-state index >= 15 is 0 Å². The zero-order valence-corrected chi connectivity index (χ0v) is 12.7. The Morgan fingerprint density at radius 1 is 0.857 bits per heavy atom. The zero-order valence-electron chi connectivity index (χ0n) is 10.9. The van der Waals surface area contributed by atoms with Crippen LogP contribution >= 0.6 is 24.4 Å². The predicted molar refractivity (Wildman–Crippen MR) is 89.8 cm³/mol. The van der Waals surface area contributed by atoms with Crippen molar-refractivity contribution in [2.75, 3.05) is 0 Å². The van der Waals surface area contributed by atoms with Gasteiger partial charge >= 0.3 is 0 Å². The number of imidazole rings is 2. The Bertz CT molecular complexity index is 846. The molecule has 2 aromatic heterocycles.